The minimum Gasteiger partial charge on any atom is -0.300 e. The van der Waals surface area contributed by atoms with Crippen molar-refractivity contribution in [1.29, 1.82) is 0 Å². The van der Waals surface area contributed by atoms with Crippen LogP contribution >= 0.6 is 12.4 Å². The van der Waals surface area contributed by atoms with Crippen molar-refractivity contribution in [2.45, 2.75) is 43.7 Å². The van der Waals surface area contributed by atoms with E-state index >= 15 is 0 Å². The molecule has 2 aliphatic heterocycles. The van der Waals surface area contributed by atoms with E-state index < -0.39 is 0 Å². The molecule has 3 atom stereocenters. The summed E-state index contributed by atoms with van der Waals surface area (Å²) in [5.74, 6) is 0.819. The van der Waals surface area contributed by atoms with Gasteiger partial charge in [-0.15, -0.1) is 12.4 Å². The van der Waals surface area contributed by atoms with Crippen molar-refractivity contribution in [3.8, 4) is 0 Å². The van der Waals surface area contributed by atoms with Crippen molar-refractivity contribution in [1.82, 2.24) is 4.90 Å². The summed E-state index contributed by atoms with van der Waals surface area (Å²) in [5, 5.41) is 0. The van der Waals surface area contributed by atoms with Crippen LogP contribution in [0.1, 0.15) is 37.2 Å². The summed E-state index contributed by atoms with van der Waals surface area (Å²) < 4.78 is 0. The van der Waals surface area contributed by atoms with Crippen LogP contribution in [-0.4, -0.2) is 24.0 Å². The molecule has 0 radical (unpaired) electrons. The Morgan fingerprint density at radius 1 is 1.00 bits per heavy atom. The second-order valence-corrected chi connectivity index (χ2v) is 5.13. The standard InChI is InChI=1S/C14H19N.ClH/c1-15-13-7-8-14(15)10-12(9-13)11-5-3-2-4-6-11;/h2-6,12-14H,7-10H2,1H3;1H/t12?,13-,14+;. The number of rotatable bonds is 1. The van der Waals surface area contributed by atoms with Crippen molar-refractivity contribution in [3.63, 3.8) is 0 Å². The molecule has 2 heteroatoms. The van der Waals surface area contributed by atoms with Gasteiger partial charge in [-0.25, -0.2) is 0 Å². The molecule has 1 aromatic rings. The fraction of sp³-hybridized carbons (Fsp3) is 0.571. The van der Waals surface area contributed by atoms with Crippen LogP contribution in [0.4, 0.5) is 0 Å². The molecule has 0 saturated carbocycles. The van der Waals surface area contributed by atoms with Gasteiger partial charge in [0, 0.05) is 12.1 Å². The Morgan fingerprint density at radius 3 is 2.12 bits per heavy atom. The van der Waals surface area contributed by atoms with Gasteiger partial charge in [0.2, 0.25) is 0 Å². The molecule has 16 heavy (non-hydrogen) atoms. The highest BCUT2D eigenvalue weighted by molar-refractivity contribution is 5.85. The van der Waals surface area contributed by atoms with Gasteiger partial charge in [-0.1, -0.05) is 30.3 Å². The second-order valence-electron chi connectivity index (χ2n) is 5.13. The van der Waals surface area contributed by atoms with Crippen LogP contribution < -0.4 is 0 Å². The summed E-state index contributed by atoms with van der Waals surface area (Å²) in [6.07, 6.45) is 5.59. The van der Waals surface area contributed by atoms with Crippen molar-refractivity contribution < 1.29 is 0 Å². The Morgan fingerprint density at radius 2 is 1.56 bits per heavy atom. The van der Waals surface area contributed by atoms with Crippen molar-refractivity contribution in [2.75, 3.05) is 7.05 Å². The maximum Gasteiger partial charge on any atom is 0.0102 e. The van der Waals surface area contributed by atoms with E-state index in [0.717, 1.165) is 18.0 Å². The average Bonchev–Trinajstić information content (AvgIpc) is 2.54. The van der Waals surface area contributed by atoms with Gasteiger partial charge in [-0.2, -0.15) is 0 Å². The quantitative estimate of drug-likeness (QED) is 0.723. The molecule has 2 fully saturated rings. The monoisotopic (exact) mass is 237 g/mol. The molecule has 2 bridgehead atoms. The Hall–Kier alpha value is -0.530. The number of piperidine rings is 1. The number of halogens is 1. The van der Waals surface area contributed by atoms with E-state index in [1.54, 1.807) is 5.56 Å². The Labute approximate surface area is 104 Å². The van der Waals surface area contributed by atoms with Gasteiger partial charge >= 0.3 is 0 Å². The highest BCUT2D eigenvalue weighted by atomic mass is 35.5. The van der Waals surface area contributed by atoms with E-state index in [1.807, 2.05) is 0 Å². The number of nitrogens with zero attached hydrogens (tertiary/aromatic N) is 1. The summed E-state index contributed by atoms with van der Waals surface area (Å²) >= 11 is 0. The van der Waals surface area contributed by atoms with Crippen molar-refractivity contribution in [3.05, 3.63) is 35.9 Å². The van der Waals surface area contributed by atoms with Crippen LogP contribution in [0.2, 0.25) is 0 Å². The highest BCUT2D eigenvalue weighted by Crippen LogP contribution is 2.41. The molecule has 3 rings (SSSR count). The SMILES string of the molecule is CN1[C@@H]2CC[C@H]1CC(c1ccccc1)C2.Cl. The van der Waals surface area contributed by atoms with E-state index in [4.69, 9.17) is 0 Å². The fourth-order valence-electron chi connectivity index (χ4n) is 3.41. The molecule has 1 unspecified atom stereocenters. The maximum atomic E-state index is 2.61. The molecule has 0 aromatic heterocycles. The summed E-state index contributed by atoms with van der Waals surface area (Å²) in [6.45, 7) is 0. The third-order valence-electron chi connectivity index (χ3n) is 4.37. The second kappa shape index (κ2) is 4.77. The van der Waals surface area contributed by atoms with E-state index in [0.29, 0.717) is 0 Å². The van der Waals surface area contributed by atoms with Gasteiger partial charge in [-0.05, 0) is 44.2 Å². The van der Waals surface area contributed by atoms with Gasteiger partial charge in [0.1, 0.15) is 0 Å². The topological polar surface area (TPSA) is 3.24 Å². The molecule has 2 heterocycles. The number of fused-ring (bicyclic) bond motifs is 2. The molecule has 88 valence electrons. The van der Waals surface area contributed by atoms with Gasteiger partial charge < -0.3 is 4.90 Å². The third-order valence-corrected chi connectivity index (χ3v) is 4.37. The highest BCUT2D eigenvalue weighted by Gasteiger charge is 2.38. The first-order chi connectivity index (χ1) is 7.34. The predicted octanol–water partition coefficient (Wildman–Crippen LogP) is 3.45. The Balaban J connectivity index is 0.000000963. The third kappa shape index (κ3) is 1.99. The molecule has 1 aromatic carbocycles. The largest absolute Gasteiger partial charge is 0.300 e. The van der Waals surface area contributed by atoms with Crippen LogP contribution in [-0.2, 0) is 0 Å². The van der Waals surface area contributed by atoms with Crippen molar-refractivity contribution >= 4 is 12.4 Å². The number of hydrogen-bond donors (Lipinski definition) is 0. The minimum atomic E-state index is 0. The molecular formula is C14H20ClN. The van der Waals surface area contributed by atoms with Crippen LogP contribution in [0, 0.1) is 0 Å². The van der Waals surface area contributed by atoms with Gasteiger partial charge in [0.25, 0.3) is 0 Å². The zero-order valence-electron chi connectivity index (χ0n) is 9.80. The van der Waals surface area contributed by atoms with Crippen LogP contribution in [0.5, 0.6) is 0 Å². The fourth-order valence-corrected chi connectivity index (χ4v) is 3.41. The van der Waals surface area contributed by atoms with Gasteiger partial charge in [0.05, 0.1) is 0 Å². The average molecular weight is 238 g/mol. The van der Waals surface area contributed by atoms with E-state index in [9.17, 15) is 0 Å². The zero-order chi connectivity index (χ0) is 10.3. The summed E-state index contributed by atoms with van der Waals surface area (Å²) in [5.41, 5.74) is 1.56. The normalized spacial score (nSPS) is 33.4. The first-order valence-corrected chi connectivity index (χ1v) is 6.11. The molecule has 1 nitrogen and oxygen atoms in total. The molecule has 0 amide bonds. The first-order valence-electron chi connectivity index (χ1n) is 6.11. The lowest BCUT2D eigenvalue weighted by molar-refractivity contribution is 0.161. The van der Waals surface area contributed by atoms with Gasteiger partial charge in [-0.3, -0.25) is 0 Å². The predicted molar refractivity (Wildman–Crippen MR) is 70.2 cm³/mol. The Kier molecular flexibility index (Phi) is 3.56. The number of benzene rings is 1. The lowest BCUT2D eigenvalue weighted by Gasteiger charge is -2.36. The molecule has 0 N–H and O–H groups in total. The van der Waals surface area contributed by atoms with Gasteiger partial charge in [0.15, 0.2) is 0 Å². The number of hydrogen-bond acceptors (Lipinski definition) is 1. The summed E-state index contributed by atoms with van der Waals surface area (Å²) in [7, 11) is 2.31. The summed E-state index contributed by atoms with van der Waals surface area (Å²) in [6, 6.07) is 12.8. The lowest BCUT2D eigenvalue weighted by Crippen LogP contribution is -2.39. The molecular weight excluding hydrogens is 218 g/mol. The molecule has 2 saturated heterocycles. The lowest BCUT2D eigenvalue weighted by atomic mass is 9.85. The van der Waals surface area contributed by atoms with Crippen molar-refractivity contribution in [2.24, 2.45) is 0 Å². The van der Waals surface area contributed by atoms with E-state index in [-0.39, 0.29) is 12.4 Å². The summed E-state index contributed by atoms with van der Waals surface area (Å²) in [4.78, 5) is 2.61. The van der Waals surface area contributed by atoms with E-state index in [2.05, 4.69) is 42.3 Å². The first kappa shape index (κ1) is 11.9. The molecule has 0 aliphatic carbocycles. The maximum absolute atomic E-state index is 2.61. The molecule has 2 aliphatic rings. The Bertz CT molecular complexity index is 324. The molecule has 0 spiro atoms. The van der Waals surface area contributed by atoms with E-state index in [1.165, 1.54) is 25.7 Å². The van der Waals surface area contributed by atoms with Crippen LogP contribution in [0.25, 0.3) is 0 Å². The smallest absolute Gasteiger partial charge is 0.0102 e. The zero-order valence-corrected chi connectivity index (χ0v) is 10.6. The van der Waals surface area contributed by atoms with Crippen LogP contribution in [0.15, 0.2) is 30.3 Å². The van der Waals surface area contributed by atoms with Crippen LogP contribution in [0.3, 0.4) is 0 Å². The minimum absolute atomic E-state index is 0.